The molecule has 0 bridgehead atoms. The molecule has 130 valence electrons. The van der Waals surface area contributed by atoms with Gasteiger partial charge in [0.2, 0.25) is 10.9 Å². The maximum Gasteiger partial charge on any atom is 0.445 e. The highest BCUT2D eigenvalue weighted by Crippen LogP contribution is 2.32. The van der Waals surface area contributed by atoms with Crippen molar-refractivity contribution in [3.63, 3.8) is 0 Å². The van der Waals surface area contributed by atoms with Crippen LogP contribution in [0.3, 0.4) is 0 Å². The number of para-hydroxylation sites is 1. The molecule has 0 spiro atoms. The topological polar surface area (TPSA) is 46.1 Å². The standard InChI is InChI=1S/C15H15ClF3N3OS/c1-3-10(16)13(23)22(11-7-5-4-6-9(11)2)8-12-20-21-14(24-12)15(17,18)19/h4-7,10H,3,8H2,1-2H3. The number of amides is 1. The highest BCUT2D eigenvalue weighted by molar-refractivity contribution is 7.11. The summed E-state index contributed by atoms with van der Waals surface area (Å²) in [6.07, 6.45) is -4.14. The average Bonchev–Trinajstić information content (AvgIpc) is 3.01. The normalized spacial score (nSPS) is 12.9. The van der Waals surface area contributed by atoms with Crippen molar-refractivity contribution in [3.05, 3.63) is 39.8 Å². The van der Waals surface area contributed by atoms with Gasteiger partial charge in [0.15, 0.2) is 0 Å². The monoisotopic (exact) mass is 377 g/mol. The van der Waals surface area contributed by atoms with Crippen molar-refractivity contribution in [1.82, 2.24) is 10.2 Å². The molecule has 1 unspecified atom stereocenters. The van der Waals surface area contributed by atoms with Crippen molar-refractivity contribution in [2.45, 2.75) is 38.4 Å². The summed E-state index contributed by atoms with van der Waals surface area (Å²) in [5.41, 5.74) is 1.40. The Morgan fingerprint density at radius 2 is 2.00 bits per heavy atom. The first-order chi connectivity index (χ1) is 11.2. The van der Waals surface area contributed by atoms with Gasteiger partial charge in [-0.1, -0.05) is 36.5 Å². The predicted molar refractivity (Wildman–Crippen MR) is 87.2 cm³/mol. The molecule has 1 aromatic carbocycles. The number of carbonyl (C=O) groups excluding carboxylic acids is 1. The number of hydrogen-bond acceptors (Lipinski definition) is 4. The molecule has 2 aromatic rings. The lowest BCUT2D eigenvalue weighted by molar-refractivity contribution is -0.138. The van der Waals surface area contributed by atoms with Crippen LogP contribution in [0.1, 0.15) is 28.9 Å². The van der Waals surface area contributed by atoms with E-state index in [-0.39, 0.29) is 17.5 Å². The minimum atomic E-state index is -4.55. The lowest BCUT2D eigenvalue weighted by Crippen LogP contribution is -2.36. The van der Waals surface area contributed by atoms with E-state index in [0.29, 0.717) is 23.4 Å². The van der Waals surface area contributed by atoms with Gasteiger partial charge < -0.3 is 4.90 Å². The van der Waals surface area contributed by atoms with Crippen LogP contribution < -0.4 is 4.90 Å². The van der Waals surface area contributed by atoms with Gasteiger partial charge in [0.1, 0.15) is 10.4 Å². The van der Waals surface area contributed by atoms with Crippen LogP contribution in [0.4, 0.5) is 18.9 Å². The summed E-state index contributed by atoms with van der Waals surface area (Å²) < 4.78 is 38.0. The molecule has 1 heterocycles. The molecule has 1 amide bonds. The molecule has 0 radical (unpaired) electrons. The molecule has 0 fully saturated rings. The van der Waals surface area contributed by atoms with Crippen LogP contribution in [0.15, 0.2) is 24.3 Å². The van der Waals surface area contributed by atoms with E-state index in [4.69, 9.17) is 11.6 Å². The van der Waals surface area contributed by atoms with E-state index >= 15 is 0 Å². The van der Waals surface area contributed by atoms with Crippen LogP contribution in [0.25, 0.3) is 0 Å². The number of benzene rings is 1. The van der Waals surface area contributed by atoms with Crippen molar-refractivity contribution in [2.24, 2.45) is 0 Å². The van der Waals surface area contributed by atoms with Gasteiger partial charge in [-0.25, -0.2) is 0 Å². The maximum atomic E-state index is 12.7. The summed E-state index contributed by atoms with van der Waals surface area (Å²) in [5.74, 6) is -0.378. The highest BCUT2D eigenvalue weighted by atomic mass is 35.5. The second-order valence-corrected chi connectivity index (χ2v) is 6.67. The Kier molecular flexibility index (Phi) is 5.82. The zero-order valence-corrected chi connectivity index (χ0v) is 14.5. The Bertz CT molecular complexity index is 720. The fraction of sp³-hybridized carbons (Fsp3) is 0.400. The van der Waals surface area contributed by atoms with Crippen molar-refractivity contribution < 1.29 is 18.0 Å². The Labute approximate surface area is 146 Å². The van der Waals surface area contributed by atoms with E-state index in [1.165, 1.54) is 4.90 Å². The summed E-state index contributed by atoms with van der Waals surface area (Å²) in [5, 5.41) is 5.01. The number of nitrogens with zero attached hydrogens (tertiary/aromatic N) is 3. The molecule has 0 aliphatic carbocycles. The van der Waals surface area contributed by atoms with Gasteiger partial charge in [-0.05, 0) is 25.0 Å². The number of hydrogen-bond donors (Lipinski definition) is 0. The van der Waals surface area contributed by atoms with Gasteiger partial charge in [-0.2, -0.15) is 13.2 Å². The van der Waals surface area contributed by atoms with Crippen LogP contribution in [0.2, 0.25) is 0 Å². The number of halogens is 4. The highest BCUT2D eigenvalue weighted by Gasteiger charge is 2.36. The zero-order chi connectivity index (χ0) is 17.9. The number of aromatic nitrogens is 2. The molecule has 24 heavy (non-hydrogen) atoms. The van der Waals surface area contributed by atoms with Crippen LogP contribution in [-0.4, -0.2) is 21.5 Å². The van der Waals surface area contributed by atoms with E-state index in [1.54, 1.807) is 19.1 Å². The van der Waals surface area contributed by atoms with E-state index in [0.717, 1.165) is 5.56 Å². The minimum absolute atomic E-state index is 0.0962. The van der Waals surface area contributed by atoms with E-state index in [1.807, 2.05) is 19.1 Å². The smallest absolute Gasteiger partial charge is 0.304 e. The third-order valence-electron chi connectivity index (χ3n) is 3.30. The molecule has 0 saturated heterocycles. The molecule has 4 nitrogen and oxygen atoms in total. The summed E-state index contributed by atoms with van der Waals surface area (Å²) in [7, 11) is 0. The van der Waals surface area contributed by atoms with Gasteiger partial charge in [0, 0.05) is 5.69 Å². The maximum absolute atomic E-state index is 12.7. The van der Waals surface area contributed by atoms with Crippen LogP contribution >= 0.6 is 22.9 Å². The number of carbonyl (C=O) groups is 1. The van der Waals surface area contributed by atoms with Crippen molar-refractivity contribution >= 4 is 34.5 Å². The minimum Gasteiger partial charge on any atom is -0.304 e. The Morgan fingerprint density at radius 1 is 1.33 bits per heavy atom. The van der Waals surface area contributed by atoms with Crippen molar-refractivity contribution in [1.29, 1.82) is 0 Å². The van der Waals surface area contributed by atoms with Gasteiger partial charge in [0.05, 0.1) is 6.54 Å². The first-order valence-corrected chi connectivity index (χ1v) is 8.40. The summed E-state index contributed by atoms with van der Waals surface area (Å²) in [4.78, 5) is 13.9. The fourth-order valence-corrected chi connectivity index (χ4v) is 2.87. The number of alkyl halides is 4. The molecule has 0 aliphatic heterocycles. The van der Waals surface area contributed by atoms with E-state index in [2.05, 4.69) is 10.2 Å². The summed E-state index contributed by atoms with van der Waals surface area (Å²) in [6, 6.07) is 7.09. The first kappa shape index (κ1) is 18.7. The molecule has 1 aromatic heterocycles. The fourth-order valence-electron chi connectivity index (χ4n) is 2.06. The van der Waals surface area contributed by atoms with Crippen LogP contribution in [-0.2, 0) is 17.5 Å². The largest absolute Gasteiger partial charge is 0.445 e. The Hall–Kier alpha value is -1.67. The summed E-state index contributed by atoms with van der Waals surface area (Å²) in [6.45, 7) is 3.46. The van der Waals surface area contributed by atoms with E-state index in [9.17, 15) is 18.0 Å². The molecule has 0 aliphatic rings. The van der Waals surface area contributed by atoms with Gasteiger partial charge in [-0.3, -0.25) is 4.79 Å². The van der Waals surface area contributed by atoms with Crippen molar-refractivity contribution in [3.8, 4) is 0 Å². The predicted octanol–water partition coefficient (Wildman–Crippen LogP) is 4.42. The first-order valence-electron chi connectivity index (χ1n) is 7.14. The van der Waals surface area contributed by atoms with Crippen LogP contribution in [0.5, 0.6) is 0 Å². The number of anilines is 1. The molecule has 2 rings (SSSR count). The second kappa shape index (κ2) is 7.48. The van der Waals surface area contributed by atoms with Gasteiger partial charge in [-0.15, -0.1) is 21.8 Å². The summed E-state index contributed by atoms with van der Waals surface area (Å²) >= 11 is 6.47. The molecule has 0 saturated carbocycles. The lowest BCUT2D eigenvalue weighted by atomic mass is 10.1. The molecular weight excluding hydrogens is 363 g/mol. The Morgan fingerprint density at radius 3 is 2.54 bits per heavy atom. The lowest BCUT2D eigenvalue weighted by Gasteiger charge is -2.25. The van der Waals surface area contributed by atoms with Gasteiger partial charge in [0.25, 0.3) is 0 Å². The third kappa shape index (κ3) is 4.24. The molecular formula is C15H15ClF3N3OS. The Balaban J connectivity index is 2.35. The van der Waals surface area contributed by atoms with E-state index < -0.39 is 16.6 Å². The average molecular weight is 378 g/mol. The molecule has 1 atom stereocenters. The second-order valence-electron chi connectivity index (χ2n) is 5.09. The van der Waals surface area contributed by atoms with Crippen LogP contribution in [0, 0.1) is 6.92 Å². The SMILES string of the molecule is CCC(Cl)C(=O)N(Cc1nnc(C(F)(F)F)s1)c1ccccc1C. The zero-order valence-electron chi connectivity index (χ0n) is 13.0. The molecule has 9 heteroatoms. The molecule has 0 N–H and O–H groups in total. The number of rotatable bonds is 5. The third-order valence-corrected chi connectivity index (χ3v) is 4.75. The number of aryl methyl sites for hydroxylation is 1. The quantitative estimate of drug-likeness (QED) is 0.725. The van der Waals surface area contributed by atoms with Crippen molar-refractivity contribution in [2.75, 3.05) is 4.90 Å². The van der Waals surface area contributed by atoms with Gasteiger partial charge >= 0.3 is 6.18 Å².